The molecule has 0 saturated carbocycles. The Bertz CT molecular complexity index is 526. The molecule has 0 unspecified atom stereocenters. The highest BCUT2D eigenvalue weighted by Crippen LogP contribution is 2.30. The van der Waals surface area contributed by atoms with E-state index in [0.717, 1.165) is 36.7 Å². The van der Waals surface area contributed by atoms with Gasteiger partial charge in [0.05, 0.1) is 19.5 Å². The lowest BCUT2D eigenvalue weighted by molar-refractivity contribution is 0.288. The van der Waals surface area contributed by atoms with Crippen molar-refractivity contribution in [1.82, 2.24) is 9.55 Å². The third-order valence-corrected chi connectivity index (χ3v) is 3.02. The Kier molecular flexibility index (Phi) is 5.94. The predicted molar refractivity (Wildman–Crippen MR) is 84.1 cm³/mol. The Morgan fingerprint density at radius 2 is 1.95 bits per heavy atom. The third kappa shape index (κ3) is 4.70. The summed E-state index contributed by atoms with van der Waals surface area (Å²) >= 11 is 0. The Hall–Kier alpha value is -2.17. The minimum Gasteiger partial charge on any atom is -0.490 e. The van der Waals surface area contributed by atoms with Crippen LogP contribution in [0.15, 0.2) is 36.9 Å². The molecule has 21 heavy (non-hydrogen) atoms. The molecule has 0 bridgehead atoms. The third-order valence-electron chi connectivity index (χ3n) is 3.02. The lowest BCUT2D eigenvalue weighted by Gasteiger charge is -2.13. The molecule has 2 rings (SSSR count). The van der Waals surface area contributed by atoms with Crippen LogP contribution in [0.3, 0.4) is 0 Å². The first-order chi connectivity index (χ1) is 10.3. The standard InChI is InChI=1S/C16H23N3O2/c1-3-20-15-7-6-14(12-16(15)21-4-2)18-8-5-10-19-11-9-17-13-19/h6-7,9,11-13,18H,3-5,8,10H2,1-2H3. The van der Waals surface area contributed by atoms with E-state index in [0.29, 0.717) is 13.2 Å². The number of aryl methyl sites for hydroxylation is 1. The molecule has 0 amide bonds. The zero-order valence-electron chi connectivity index (χ0n) is 12.7. The maximum atomic E-state index is 5.62. The minimum absolute atomic E-state index is 0.629. The van der Waals surface area contributed by atoms with Crippen molar-refractivity contribution in [3.63, 3.8) is 0 Å². The van der Waals surface area contributed by atoms with E-state index >= 15 is 0 Å². The molecule has 0 fully saturated rings. The summed E-state index contributed by atoms with van der Waals surface area (Å²) in [6.07, 6.45) is 6.65. The largest absolute Gasteiger partial charge is 0.490 e. The number of aromatic nitrogens is 2. The van der Waals surface area contributed by atoms with E-state index in [1.807, 2.05) is 44.6 Å². The van der Waals surface area contributed by atoms with Gasteiger partial charge in [-0.05, 0) is 32.4 Å². The molecular formula is C16H23N3O2. The van der Waals surface area contributed by atoms with Gasteiger partial charge in [0, 0.05) is 37.2 Å². The second-order valence-corrected chi connectivity index (χ2v) is 4.61. The van der Waals surface area contributed by atoms with Crippen LogP contribution in [0.5, 0.6) is 11.5 Å². The first-order valence-corrected chi connectivity index (χ1v) is 7.42. The lowest BCUT2D eigenvalue weighted by atomic mass is 10.2. The molecule has 0 aliphatic rings. The van der Waals surface area contributed by atoms with E-state index in [4.69, 9.17) is 9.47 Å². The van der Waals surface area contributed by atoms with Gasteiger partial charge in [0.25, 0.3) is 0 Å². The van der Waals surface area contributed by atoms with Crippen LogP contribution in [0.4, 0.5) is 5.69 Å². The van der Waals surface area contributed by atoms with Crippen LogP contribution in [-0.2, 0) is 6.54 Å². The van der Waals surface area contributed by atoms with Crippen LogP contribution >= 0.6 is 0 Å². The van der Waals surface area contributed by atoms with Gasteiger partial charge in [-0.15, -0.1) is 0 Å². The normalized spacial score (nSPS) is 10.4. The molecule has 5 heteroatoms. The average molecular weight is 289 g/mol. The quantitative estimate of drug-likeness (QED) is 0.720. The topological polar surface area (TPSA) is 48.3 Å². The fourth-order valence-electron chi connectivity index (χ4n) is 2.07. The molecule has 5 nitrogen and oxygen atoms in total. The summed E-state index contributed by atoms with van der Waals surface area (Å²) in [6, 6.07) is 5.96. The molecule has 1 heterocycles. The molecule has 1 aromatic heterocycles. The van der Waals surface area contributed by atoms with E-state index < -0.39 is 0 Å². The van der Waals surface area contributed by atoms with Gasteiger partial charge in [-0.25, -0.2) is 4.98 Å². The van der Waals surface area contributed by atoms with Crippen LogP contribution < -0.4 is 14.8 Å². The van der Waals surface area contributed by atoms with Crippen molar-refractivity contribution in [2.45, 2.75) is 26.8 Å². The number of nitrogens with one attached hydrogen (secondary N) is 1. The molecule has 0 saturated heterocycles. The molecule has 0 aliphatic heterocycles. The SMILES string of the molecule is CCOc1ccc(NCCCn2ccnc2)cc1OCC. The Labute approximate surface area is 125 Å². The number of imidazole rings is 1. The summed E-state index contributed by atoms with van der Waals surface area (Å²) < 4.78 is 13.2. The van der Waals surface area contributed by atoms with Crippen molar-refractivity contribution >= 4 is 5.69 Å². The fourth-order valence-corrected chi connectivity index (χ4v) is 2.07. The highest BCUT2D eigenvalue weighted by Gasteiger charge is 2.05. The first kappa shape index (κ1) is 15.2. The maximum Gasteiger partial charge on any atom is 0.163 e. The Balaban J connectivity index is 1.86. The summed E-state index contributed by atoms with van der Waals surface area (Å²) in [6.45, 7) is 7.07. The Morgan fingerprint density at radius 3 is 2.67 bits per heavy atom. The van der Waals surface area contributed by atoms with Crippen molar-refractivity contribution in [3.05, 3.63) is 36.9 Å². The number of hydrogen-bond acceptors (Lipinski definition) is 4. The average Bonchev–Trinajstić information content (AvgIpc) is 3.00. The second-order valence-electron chi connectivity index (χ2n) is 4.61. The summed E-state index contributed by atoms with van der Waals surface area (Å²) in [5, 5.41) is 3.41. The zero-order valence-corrected chi connectivity index (χ0v) is 12.7. The molecule has 0 spiro atoms. The smallest absolute Gasteiger partial charge is 0.163 e. The summed E-state index contributed by atoms with van der Waals surface area (Å²) in [5.41, 5.74) is 1.05. The highest BCUT2D eigenvalue weighted by atomic mass is 16.5. The van der Waals surface area contributed by atoms with Gasteiger partial charge in [-0.3, -0.25) is 0 Å². The number of ether oxygens (including phenoxy) is 2. The van der Waals surface area contributed by atoms with Crippen molar-refractivity contribution in [2.75, 3.05) is 25.1 Å². The maximum absolute atomic E-state index is 5.62. The van der Waals surface area contributed by atoms with E-state index in [9.17, 15) is 0 Å². The van der Waals surface area contributed by atoms with Crippen molar-refractivity contribution in [3.8, 4) is 11.5 Å². The van der Waals surface area contributed by atoms with Gasteiger partial charge in [0.1, 0.15) is 0 Å². The molecule has 1 N–H and O–H groups in total. The van der Waals surface area contributed by atoms with Gasteiger partial charge < -0.3 is 19.4 Å². The minimum atomic E-state index is 0.629. The van der Waals surface area contributed by atoms with E-state index in [2.05, 4.69) is 14.9 Å². The fraction of sp³-hybridized carbons (Fsp3) is 0.438. The van der Waals surface area contributed by atoms with Crippen molar-refractivity contribution < 1.29 is 9.47 Å². The molecule has 0 aliphatic carbocycles. The predicted octanol–water partition coefficient (Wildman–Crippen LogP) is 3.18. The van der Waals surface area contributed by atoms with E-state index in [-0.39, 0.29) is 0 Å². The van der Waals surface area contributed by atoms with Crippen LogP contribution in [-0.4, -0.2) is 29.3 Å². The monoisotopic (exact) mass is 289 g/mol. The Morgan fingerprint density at radius 1 is 1.14 bits per heavy atom. The summed E-state index contributed by atoms with van der Waals surface area (Å²) in [4.78, 5) is 4.03. The molecule has 0 radical (unpaired) electrons. The van der Waals surface area contributed by atoms with Crippen LogP contribution in [0.2, 0.25) is 0 Å². The number of nitrogens with zero attached hydrogens (tertiary/aromatic N) is 2. The van der Waals surface area contributed by atoms with Gasteiger partial charge >= 0.3 is 0 Å². The molecule has 1 aromatic carbocycles. The van der Waals surface area contributed by atoms with Gasteiger partial charge in [0.2, 0.25) is 0 Å². The molecular weight excluding hydrogens is 266 g/mol. The number of hydrogen-bond donors (Lipinski definition) is 1. The molecule has 2 aromatic rings. The highest BCUT2D eigenvalue weighted by molar-refractivity contribution is 5.54. The van der Waals surface area contributed by atoms with Crippen LogP contribution in [0.25, 0.3) is 0 Å². The van der Waals surface area contributed by atoms with Gasteiger partial charge in [0.15, 0.2) is 11.5 Å². The van der Waals surface area contributed by atoms with Gasteiger partial charge in [-0.2, -0.15) is 0 Å². The molecule has 114 valence electrons. The second kappa shape index (κ2) is 8.19. The van der Waals surface area contributed by atoms with E-state index in [1.54, 1.807) is 6.20 Å². The van der Waals surface area contributed by atoms with E-state index in [1.165, 1.54) is 0 Å². The van der Waals surface area contributed by atoms with Crippen molar-refractivity contribution in [2.24, 2.45) is 0 Å². The zero-order chi connectivity index (χ0) is 14.9. The van der Waals surface area contributed by atoms with Crippen LogP contribution in [0, 0.1) is 0 Å². The number of benzene rings is 1. The van der Waals surface area contributed by atoms with Gasteiger partial charge in [-0.1, -0.05) is 0 Å². The van der Waals surface area contributed by atoms with Crippen molar-refractivity contribution in [1.29, 1.82) is 0 Å². The van der Waals surface area contributed by atoms with Crippen LogP contribution in [0.1, 0.15) is 20.3 Å². The lowest BCUT2D eigenvalue weighted by Crippen LogP contribution is -2.06. The number of rotatable bonds is 9. The first-order valence-electron chi connectivity index (χ1n) is 7.42. The summed E-state index contributed by atoms with van der Waals surface area (Å²) in [5.74, 6) is 1.59. The number of anilines is 1. The summed E-state index contributed by atoms with van der Waals surface area (Å²) in [7, 11) is 0. The molecule has 0 atom stereocenters.